The van der Waals surface area contributed by atoms with Crippen molar-refractivity contribution in [2.75, 3.05) is 20.8 Å². The smallest absolute Gasteiger partial charge is 0.334 e. The van der Waals surface area contributed by atoms with Crippen LogP contribution in [0.4, 0.5) is 0 Å². The largest absolute Gasteiger partial charge is 0.398 e. The molecule has 4 N–H and O–H groups in total. The molecule has 16 heavy (non-hydrogen) atoms. The number of hydrogen-bond donors (Lipinski definition) is 2. The second kappa shape index (κ2) is 7.36. The molecule has 0 bridgehead atoms. The Bertz CT molecular complexity index is 179. The second-order valence-corrected chi connectivity index (χ2v) is 7.95. The Balaban J connectivity index is 4.04. The summed E-state index contributed by atoms with van der Waals surface area (Å²) < 4.78 is 10.9. The van der Waals surface area contributed by atoms with Crippen LogP contribution in [0.25, 0.3) is 0 Å². The lowest BCUT2D eigenvalue weighted by Crippen LogP contribution is -2.50. The molecule has 5 nitrogen and oxygen atoms in total. The van der Waals surface area contributed by atoms with Crippen LogP contribution >= 0.6 is 0 Å². The monoisotopic (exact) mass is 249 g/mol. The van der Waals surface area contributed by atoms with E-state index in [2.05, 4.69) is 11.4 Å². The van der Waals surface area contributed by atoms with Crippen molar-refractivity contribution in [2.24, 2.45) is 11.5 Å². The van der Waals surface area contributed by atoms with Crippen molar-refractivity contribution in [2.45, 2.75) is 45.2 Å². The standard InChI is InChI=1S/C10H27N3O2Si/c1-9(11)13(10(2)12)7-6-8-16(5,14-3)15-4/h9-10H,6-8,11-12H2,1-5H3. The van der Waals surface area contributed by atoms with Gasteiger partial charge in [0.05, 0.1) is 12.3 Å². The van der Waals surface area contributed by atoms with Gasteiger partial charge in [-0.1, -0.05) is 0 Å². The average Bonchev–Trinajstić information content (AvgIpc) is 2.23. The first kappa shape index (κ1) is 16.0. The van der Waals surface area contributed by atoms with Gasteiger partial charge in [-0.3, -0.25) is 4.90 Å². The van der Waals surface area contributed by atoms with Gasteiger partial charge in [0, 0.05) is 20.8 Å². The molecule has 0 aromatic heterocycles. The van der Waals surface area contributed by atoms with Gasteiger partial charge in [0.1, 0.15) is 0 Å². The fourth-order valence-corrected chi connectivity index (χ4v) is 3.02. The van der Waals surface area contributed by atoms with Gasteiger partial charge in [-0.05, 0) is 32.9 Å². The molecule has 0 aliphatic heterocycles. The van der Waals surface area contributed by atoms with Crippen molar-refractivity contribution in [3.8, 4) is 0 Å². The van der Waals surface area contributed by atoms with E-state index in [1.54, 1.807) is 14.2 Å². The Morgan fingerprint density at radius 1 is 1.12 bits per heavy atom. The summed E-state index contributed by atoms with van der Waals surface area (Å²) in [5.74, 6) is 0. The van der Waals surface area contributed by atoms with Crippen molar-refractivity contribution < 1.29 is 8.85 Å². The average molecular weight is 249 g/mol. The van der Waals surface area contributed by atoms with E-state index in [1.807, 2.05) is 13.8 Å². The van der Waals surface area contributed by atoms with Crippen LogP contribution in [0.15, 0.2) is 0 Å². The molecule has 2 atom stereocenters. The zero-order chi connectivity index (χ0) is 12.8. The molecular formula is C10H27N3O2Si. The number of nitrogens with zero attached hydrogens (tertiary/aromatic N) is 1. The Kier molecular flexibility index (Phi) is 7.37. The summed E-state index contributed by atoms with van der Waals surface area (Å²) in [6.07, 6.45) is 0.962. The Morgan fingerprint density at radius 3 is 1.88 bits per heavy atom. The maximum Gasteiger partial charge on any atom is 0.334 e. The van der Waals surface area contributed by atoms with Crippen molar-refractivity contribution in [1.82, 2.24) is 4.90 Å². The lowest BCUT2D eigenvalue weighted by Gasteiger charge is -2.31. The van der Waals surface area contributed by atoms with Crippen LogP contribution in [-0.2, 0) is 8.85 Å². The zero-order valence-corrected chi connectivity index (χ0v) is 12.2. The first-order valence-corrected chi connectivity index (χ1v) is 8.26. The fourth-order valence-electron chi connectivity index (χ4n) is 1.65. The van der Waals surface area contributed by atoms with Gasteiger partial charge < -0.3 is 20.3 Å². The van der Waals surface area contributed by atoms with E-state index in [-0.39, 0.29) is 12.3 Å². The third-order valence-electron chi connectivity index (χ3n) is 2.96. The maximum absolute atomic E-state index is 5.85. The Morgan fingerprint density at radius 2 is 1.56 bits per heavy atom. The van der Waals surface area contributed by atoms with Crippen LogP contribution in [-0.4, -0.2) is 46.6 Å². The van der Waals surface area contributed by atoms with Gasteiger partial charge in [-0.15, -0.1) is 0 Å². The van der Waals surface area contributed by atoms with Gasteiger partial charge in [-0.25, -0.2) is 0 Å². The molecular weight excluding hydrogens is 222 g/mol. The minimum absolute atomic E-state index is 0.0157. The maximum atomic E-state index is 5.85. The van der Waals surface area contributed by atoms with Crippen molar-refractivity contribution in [3.63, 3.8) is 0 Å². The molecule has 0 aromatic carbocycles. The van der Waals surface area contributed by atoms with Crippen LogP contribution in [0.3, 0.4) is 0 Å². The number of rotatable bonds is 8. The molecule has 0 amide bonds. The predicted molar refractivity (Wildman–Crippen MR) is 69.1 cm³/mol. The molecule has 0 radical (unpaired) electrons. The van der Waals surface area contributed by atoms with Crippen LogP contribution in [0.2, 0.25) is 12.6 Å². The molecule has 0 rings (SSSR count). The highest BCUT2D eigenvalue weighted by atomic mass is 28.4. The molecule has 0 aliphatic rings. The molecule has 0 fully saturated rings. The van der Waals surface area contributed by atoms with E-state index in [1.165, 1.54) is 0 Å². The van der Waals surface area contributed by atoms with Gasteiger partial charge in [0.2, 0.25) is 0 Å². The quantitative estimate of drug-likeness (QED) is 0.488. The third-order valence-corrected chi connectivity index (χ3v) is 5.95. The molecule has 0 saturated heterocycles. The van der Waals surface area contributed by atoms with E-state index >= 15 is 0 Å². The molecule has 98 valence electrons. The molecule has 0 spiro atoms. The van der Waals surface area contributed by atoms with Gasteiger partial charge in [-0.2, -0.15) is 0 Å². The van der Waals surface area contributed by atoms with Gasteiger partial charge in [0.25, 0.3) is 0 Å². The summed E-state index contributed by atoms with van der Waals surface area (Å²) in [7, 11) is 1.48. The molecule has 0 aliphatic carbocycles. The molecule has 0 aromatic rings. The summed E-state index contributed by atoms with van der Waals surface area (Å²) >= 11 is 0. The minimum atomic E-state index is -1.94. The highest BCUT2D eigenvalue weighted by Crippen LogP contribution is 2.14. The highest BCUT2D eigenvalue weighted by molar-refractivity contribution is 6.65. The molecule has 0 saturated carbocycles. The highest BCUT2D eigenvalue weighted by Gasteiger charge is 2.28. The van der Waals surface area contributed by atoms with E-state index < -0.39 is 8.56 Å². The molecule has 2 unspecified atom stereocenters. The van der Waals surface area contributed by atoms with Gasteiger partial charge in [0.15, 0.2) is 0 Å². The van der Waals surface area contributed by atoms with Crippen LogP contribution in [0, 0.1) is 0 Å². The van der Waals surface area contributed by atoms with Crippen molar-refractivity contribution in [3.05, 3.63) is 0 Å². The predicted octanol–water partition coefficient (Wildman–Crippen LogP) is 0.653. The van der Waals surface area contributed by atoms with Crippen LogP contribution in [0.5, 0.6) is 0 Å². The Hall–Kier alpha value is 0.0169. The first-order chi connectivity index (χ1) is 7.36. The third kappa shape index (κ3) is 5.38. The summed E-state index contributed by atoms with van der Waals surface area (Å²) in [6.45, 7) is 6.85. The lowest BCUT2D eigenvalue weighted by molar-refractivity contribution is 0.157. The summed E-state index contributed by atoms with van der Waals surface area (Å²) in [4.78, 5) is 2.07. The first-order valence-electron chi connectivity index (χ1n) is 5.73. The molecule has 0 heterocycles. The van der Waals surface area contributed by atoms with E-state index in [9.17, 15) is 0 Å². The SMILES string of the molecule is CO[Si](C)(CCCN(C(C)N)C(C)N)OC. The van der Waals surface area contributed by atoms with E-state index in [4.69, 9.17) is 20.3 Å². The fraction of sp³-hybridized carbons (Fsp3) is 1.00. The van der Waals surface area contributed by atoms with Gasteiger partial charge >= 0.3 is 8.56 Å². The number of nitrogens with two attached hydrogens (primary N) is 2. The number of hydrogen-bond acceptors (Lipinski definition) is 5. The van der Waals surface area contributed by atoms with Crippen LogP contribution in [0.1, 0.15) is 20.3 Å². The summed E-state index contributed by atoms with van der Waals surface area (Å²) in [5.41, 5.74) is 11.7. The van der Waals surface area contributed by atoms with E-state index in [0.717, 1.165) is 19.0 Å². The second-order valence-electron chi connectivity index (χ2n) is 4.36. The van der Waals surface area contributed by atoms with Crippen molar-refractivity contribution >= 4 is 8.56 Å². The van der Waals surface area contributed by atoms with E-state index in [0.29, 0.717) is 0 Å². The molecule has 6 heteroatoms. The minimum Gasteiger partial charge on any atom is -0.398 e. The topological polar surface area (TPSA) is 73.7 Å². The lowest BCUT2D eigenvalue weighted by atomic mass is 10.3. The van der Waals surface area contributed by atoms with Crippen molar-refractivity contribution in [1.29, 1.82) is 0 Å². The van der Waals surface area contributed by atoms with Crippen LogP contribution < -0.4 is 11.5 Å². The zero-order valence-electron chi connectivity index (χ0n) is 11.2. The summed E-state index contributed by atoms with van der Waals surface area (Å²) in [5, 5.41) is 0. The summed E-state index contributed by atoms with van der Waals surface area (Å²) in [6, 6.07) is 0.954. The normalized spacial score (nSPS) is 16.5. The Labute approximate surface area is 100 Å².